The van der Waals surface area contributed by atoms with Gasteiger partial charge < -0.3 is 0 Å². The molecule has 0 aliphatic heterocycles. The first-order chi connectivity index (χ1) is 6.65. The number of nitriles is 1. The lowest BCUT2D eigenvalue weighted by molar-refractivity contribution is 1.00. The van der Waals surface area contributed by atoms with Crippen LogP contribution in [0.25, 0.3) is 0 Å². The molecular formula is C10H10Cl2N2. The third-order valence-electron chi connectivity index (χ3n) is 2.14. The van der Waals surface area contributed by atoms with Crippen LogP contribution in [-0.4, -0.2) is 4.98 Å². The number of hydrogen-bond donors (Lipinski definition) is 0. The first kappa shape index (κ1) is 11.3. The summed E-state index contributed by atoms with van der Waals surface area (Å²) < 4.78 is 0. The quantitative estimate of drug-likeness (QED) is 0.729. The van der Waals surface area contributed by atoms with Crippen molar-refractivity contribution in [2.45, 2.75) is 26.7 Å². The van der Waals surface area contributed by atoms with Crippen molar-refractivity contribution in [3.05, 3.63) is 27.0 Å². The minimum atomic E-state index is 0.201. The number of nitrogens with zero attached hydrogens (tertiary/aromatic N) is 2. The van der Waals surface area contributed by atoms with E-state index in [1.807, 2.05) is 13.8 Å². The Hall–Kier alpha value is -0.780. The third-order valence-corrected chi connectivity index (χ3v) is 2.72. The summed E-state index contributed by atoms with van der Waals surface area (Å²) in [6, 6.07) is 2.06. The lowest BCUT2D eigenvalue weighted by atomic mass is 10.0. The van der Waals surface area contributed by atoms with Crippen LogP contribution in [0.3, 0.4) is 0 Å². The molecule has 0 fully saturated rings. The predicted molar refractivity (Wildman–Crippen MR) is 57.7 cm³/mol. The zero-order valence-corrected chi connectivity index (χ0v) is 9.58. The van der Waals surface area contributed by atoms with Gasteiger partial charge in [-0.2, -0.15) is 5.26 Å². The lowest BCUT2D eigenvalue weighted by Gasteiger charge is -2.10. The van der Waals surface area contributed by atoms with Gasteiger partial charge in [-0.25, -0.2) is 4.98 Å². The monoisotopic (exact) mass is 228 g/mol. The normalized spacial score (nSPS) is 9.93. The standard InChI is InChI=1S/C10H10Cl2N2/c1-3-6-7(4-2)9(11)14-10(12)8(6)5-13/h3-4H2,1-2H3. The molecule has 0 unspecified atom stereocenters. The van der Waals surface area contributed by atoms with Crippen molar-refractivity contribution in [3.63, 3.8) is 0 Å². The van der Waals surface area contributed by atoms with Crippen LogP contribution in [0, 0.1) is 11.3 Å². The van der Waals surface area contributed by atoms with E-state index in [9.17, 15) is 0 Å². The summed E-state index contributed by atoms with van der Waals surface area (Å²) in [5, 5.41) is 9.53. The van der Waals surface area contributed by atoms with Gasteiger partial charge >= 0.3 is 0 Å². The fraction of sp³-hybridized carbons (Fsp3) is 0.400. The number of aromatic nitrogens is 1. The van der Waals surface area contributed by atoms with Crippen molar-refractivity contribution in [1.29, 1.82) is 5.26 Å². The van der Waals surface area contributed by atoms with E-state index >= 15 is 0 Å². The van der Waals surface area contributed by atoms with Crippen LogP contribution in [-0.2, 0) is 12.8 Å². The molecule has 0 spiro atoms. The van der Waals surface area contributed by atoms with E-state index in [0.29, 0.717) is 10.7 Å². The van der Waals surface area contributed by atoms with Crippen LogP contribution in [0.4, 0.5) is 0 Å². The molecule has 0 bridgehead atoms. The van der Waals surface area contributed by atoms with Gasteiger partial charge in [0.05, 0.1) is 5.56 Å². The van der Waals surface area contributed by atoms with Gasteiger partial charge in [-0.1, -0.05) is 37.0 Å². The molecule has 0 atom stereocenters. The van der Waals surface area contributed by atoms with Gasteiger partial charge in [-0.15, -0.1) is 0 Å². The molecule has 0 N–H and O–H groups in total. The molecule has 0 aromatic carbocycles. The average molecular weight is 229 g/mol. The Labute approximate surface area is 93.5 Å². The average Bonchev–Trinajstić information content (AvgIpc) is 2.16. The number of hydrogen-bond acceptors (Lipinski definition) is 2. The lowest BCUT2D eigenvalue weighted by Crippen LogP contribution is -2.00. The molecule has 0 saturated heterocycles. The van der Waals surface area contributed by atoms with Crippen LogP contribution in [0.2, 0.25) is 10.3 Å². The Kier molecular flexibility index (Phi) is 3.74. The summed E-state index contributed by atoms with van der Waals surface area (Å²) in [6.07, 6.45) is 1.51. The summed E-state index contributed by atoms with van der Waals surface area (Å²) in [5.41, 5.74) is 2.30. The molecular weight excluding hydrogens is 219 g/mol. The van der Waals surface area contributed by atoms with Crippen LogP contribution >= 0.6 is 23.2 Å². The molecule has 1 aromatic heterocycles. The summed E-state index contributed by atoms with van der Waals surface area (Å²) in [7, 11) is 0. The molecule has 0 radical (unpaired) electrons. The van der Waals surface area contributed by atoms with E-state index in [4.69, 9.17) is 28.5 Å². The molecule has 0 amide bonds. The highest BCUT2D eigenvalue weighted by Crippen LogP contribution is 2.27. The molecule has 74 valence electrons. The van der Waals surface area contributed by atoms with Gasteiger partial charge in [0.25, 0.3) is 0 Å². The van der Waals surface area contributed by atoms with Gasteiger partial charge in [-0.3, -0.25) is 0 Å². The third kappa shape index (κ3) is 1.84. The van der Waals surface area contributed by atoms with Gasteiger partial charge in [0, 0.05) is 0 Å². The molecule has 1 rings (SSSR count). The molecule has 0 aliphatic rings. The van der Waals surface area contributed by atoms with Crippen LogP contribution in [0.15, 0.2) is 0 Å². The van der Waals surface area contributed by atoms with E-state index in [1.165, 1.54) is 0 Å². The minimum absolute atomic E-state index is 0.201. The minimum Gasteiger partial charge on any atom is -0.223 e. The van der Waals surface area contributed by atoms with Crippen molar-refractivity contribution in [2.75, 3.05) is 0 Å². The second-order valence-corrected chi connectivity index (χ2v) is 3.56. The first-order valence-electron chi connectivity index (χ1n) is 4.42. The van der Waals surface area contributed by atoms with E-state index in [1.54, 1.807) is 0 Å². The molecule has 2 nitrogen and oxygen atoms in total. The maximum Gasteiger partial charge on any atom is 0.148 e. The predicted octanol–water partition coefficient (Wildman–Crippen LogP) is 3.38. The SMILES string of the molecule is CCc1c(Cl)nc(Cl)c(C#N)c1CC. The molecule has 1 aromatic rings. The van der Waals surface area contributed by atoms with Crippen molar-refractivity contribution >= 4 is 23.2 Å². The maximum atomic E-state index is 8.92. The zero-order chi connectivity index (χ0) is 10.7. The summed E-state index contributed by atoms with van der Waals surface area (Å²) in [6.45, 7) is 3.96. The van der Waals surface area contributed by atoms with Crippen molar-refractivity contribution in [1.82, 2.24) is 4.98 Å². The fourth-order valence-corrected chi connectivity index (χ4v) is 2.09. The second-order valence-electron chi connectivity index (χ2n) is 2.84. The summed E-state index contributed by atoms with van der Waals surface area (Å²) in [4.78, 5) is 3.93. The summed E-state index contributed by atoms with van der Waals surface area (Å²) >= 11 is 11.8. The van der Waals surface area contributed by atoms with E-state index in [0.717, 1.165) is 24.0 Å². The van der Waals surface area contributed by atoms with Crippen molar-refractivity contribution < 1.29 is 0 Å². The van der Waals surface area contributed by atoms with Gasteiger partial charge in [-0.05, 0) is 24.0 Å². The number of pyridine rings is 1. The fourth-order valence-electron chi connectivity index (χ4n) is 1.47. The Morgan fingerprint density at radius 3 is 2.14 bits per heavy atom. The van der Waals surface area contributed by atoms with E-state index in [-0.39, 0.29) is 5.15 Å². The van der Waals surface area contributed by atoms with Gasteiger partial charge in [0.15, 0.2) is 0 Å². The second kappa shape index (κ2) is 4.63. The highest BCUT2D eigenvalue weighted by Gasteiger charge is 2.14. The molecule has 0 saturated carbocycles. The molecule has 1 heterocycles. The van der Waals surface area contributed by atoms with E-state index in [2.05, 4.69) is 11.1 Å². The van der Waals surface area contributed by atoms with Crippen LogP contribution in [0.1, 0.15) is 30.5 Å². The Bertz CT molecular complexity index is 394. The highest BCUT2D eigenvalue weighted by atomic mass is 35.5. The van der Waals surface area contributed by atoms with Gasteiger partial charge in [0.2, 0.25) is 0 Å². The Morgan fingerprint density at radius 2 is 1.71 bits per heavy atom. The summed E-state index contributed by atoms with van der Waals surface area (Å²) in [5.74, 6) is 0. The Balaban J connectivity index is 3.53. The van der Waals surface area contributed by atoms with Gasteiger partial charge in [0.1, 0.15) is 16.4 Å². The molecule has 14 heavy (non-hydrogen) atoms. The number of rotatable bonds is 2. The smallest absolute Gasteiger partial charge is 0.148 e. The zero-order valence-electron chi connectivity index (χ0n) is 8.06. The Morgan fingerprint density at radius 1 is 1.14 bits per heavy atom. The number of halogens is 2. The van der Waals surface area contributed by atoms with Crippen LogP contribution < -0.4 is 0 Å². The maximum absolute atomic E-state index is 8.92. The van der Waals surface area contributed by atoms with Crippen molar-refractivity contribution in [2.24, 2.45) is 0 Å². The van der Waals surface area contributed by atoms with Crippen molar-refractivity contribution in [3.8, 4) is 6.07 Å². The van der Waals surface area contributed by atoms with E-state index < -0.39 is 0 Å². The topological polar surface area (TPSA) is 36.7 Å². The molecule has 0 aliphatic carbocycles. The largest absolute Gasteiger partial charge is 0.223 e. The highest BCUT2D eigenvalue weighted by molar-refractivity contribution is 6.33. The first-order valence-corrected chi connectivity index (χ1v) is 5.18. The molecule has 4 heteroatoms. The van der Waals surface area contributed by atoms with Crippen LogP contribution in [0.5, 0.6) is 0 Å².